The number of aromatic carboxylic acids is 1. The smallest absolute Gasteiger partial charge is 0.335 e. The Bertz CT molecular complexity index is 655. The molecule has 1 aromatic rings. The van der Waals surface area contributed by atoms with Crippen LogP contribution >= 0.6 is 0 Å². The highest BCUT2D eigenvalue weighted by atomic mass is 32.2. The largest absolute Gasteiger partial charge is 0.478 e. The summed E-state index contributed by atoms with van der Waals surface area (Å²) >= 11 is 0. The molecular weight excluding hydrogens is 314 g/mol. The van der Waals surface area contributed by atoms with Gasteiger partial charge in [0.2, 0.25) is 10.0 Å². The molecule has 0 radical (unpaired) electrons. The third-order valence-electron chi connectivity index (χ3n) is 3.21. The first-order valence-electron chi connectivity index (χ1n) is 6.31. The van der Waals surface area contributed by atoms with Crippen molar-refractivity contribution in [2.45, 2.75) is 30.4 Å². The molecule has 0 aliphatic carbocycles. The summed E-state index contributed by atoms with van der Waals surface area (Å²) in [4.78, 5) is 11.0. The van der Waals surface area contributed by atoms with Gasteiger partial charge in [-0.05, 0) is 31.0 Å². The second-order valence-electron chi connectivity index (χ2n) is 4.73. The summed E-state index contributed by atoms with van der Waals surface area (Å²) in [6.45, 7) is 3.39. The molecule has 0 heterocycles. The number of hydrogen-bond donors (Lipinski definition) is 2. The zero-order valence-corrected chi connectivity index (χ0v) is 13.8. The molecule has 0 aliphatic rings. The summed E-state index contributed by atoms with van der Waals surface area (Å²) in [7, 11) is -4.79. The molecule has 0 aromatic heterocycles. The monoisotopic (exact) mass is 333 g/mol. The van der Waals surface area contributed by atoms with Crippen molar-refractivity contribution in [2.75, 3.05) is 12.8 Å². The predicted molar refractivity (Wildman–Crippen MR) is 81.5 cm³/mol. The fourth-order valence-corrected chi connectivity index (χ4v) is 3.54. The molecule has 0 saturated heterocycles. The first-order valence-corrected chi connectivity index (χ1v) is 9.42. The Labute approximate surface area is 127 Å². The summed E-state index contributed by atoms with van der Waals surface area (Å²) in [6.07, 6.45) is 2.01. The summed E-state index contributed by atoms with van der Waals surface area (Å²) < 4.78 is 38.0. The summed E-state index contributed by atoms with van der Waals surface area (Å²) in [5, 5.41) is 8.90. The van der Waals surface area contributed by atoms with E-state index in [9.17, 15) is 17.4 Å². The Balaban J connectivity index is 2.91. The highest BCUT2D eigenvalue weighted by Gasteiger charge is 2.20. The van der Waals surface area contributed by atoms with E-state index in [0.29, 0.717) is 6.42 Å². The number of carboxylic acids is 1. The van der Waals surface area contributed by atoms with Gasteiger partial charge >= 0.3 is 5.97 Å². The molecule has 6 nitrogen and oxygen atoms in total. The molecule has 118 valence electrons. The number of benzene rings is 1. The highest BCUT2D eigenvalue weighted by Crippen LogP contribution is 2.19. The van der Waals surface area contributed by atoms with Crippen LogP contribution in [-0.4, -0.2) is 41.8 Å². The van der Waals surface area contributed by atoms with Crippen LogP contribution in [0.15, 0.2) is 23.1 Å². The molecule has 1 aromatic carbocycles. The Morgan fingerprint density at radius 1 is 1.43 bits per heavy atom. The molecule has 2 N–H and O–H groups in total. The van der Waals surface area contributed by atoms with E-state index in [0.717, 1.165) is 0 Å². The number of hydrogen-bond acceptors (Lipinski definition) is 4. The third kappa shape index (κ3) is 4.62. The van der Waals surface area contributed by atoms with Crippen LogP contribution in [0.25, 0.3) is 0 Å². The van der Waals surface area contributed by atoms with Gasteiger partial charge in [0.1, 0.15) is 0 Å². The fourth-order valence-electron chi connectivity index (χ4n) is 1.78. The van der Waals surface area contributed by atoms with Gasteiger partial charge in [0.25, 0.3) is 0 Å². The van der Waals surface area contributed by atoms with Gasteiger partial charge < -0.3 is 5.11 Å². The zero-order chi connectivity index (χ0) is 16.2. The first kappa shape index (κ1) is 17.8. The lowest BCUT2D eigenvalue weighted by Crippen LogP contribution is -2.28. The molecule has 2 unspecified atom stereocenters. The molecule has 21 heavy (non-hydrogen) atoms. The molecule has 0 fully saturated rings. The fraction of sp³-hybridized carbons (Fsp3) is 0.462. The second-order valence-corrected chi connectivity index (χ2v) is 8.27. The summed E-state index contributed by atoms with van der Waals surface area (Å²) in [6, 6.07) is 4.12. The summed E-state index contributed by atoms with van der Waals surface area (Å²) in [5.41, 5.74) is 0.158. The van der Waals surface area contributed by atoms with E-state index in [2.05, 4.69) is 4.72 Å². The normalized spacial score (nSPS) is 14.6. The first-order chi connectivity index (χ1) is 9.66. The molecular formula is C13H19NO5S2. The van der Waals surface area contributed by atoms with E-state index >= 15 is 0 Å². The second kappa shape index (κ2) is 7.15. The highest BCUT2D eigenvalue weighted by molar-refractivity contribution is 7.89. The van der Waals surface area contributed by atoms with Crippen molar-refractivity contribution < 1.29 is 22.5 Å². The number of nitrogens with one attached hydrogen (secondary N) is 1. The van der Waals surface area contributed by atoms with Crippen LogP contribution in [0, 0.1) is 6.92 Å². The maximum Gasteiger partial charge on any atom is 0.335 e. The van der Waals surface area contributed by atoms with Crippen LogP contribution < -0.4 is 4.72 Å². The minimum atomic E-state index is -3.78. The van der Waals surface area contributed by atoms with Gasteiger partial charge in [0.05, 0.1) is 10.5 Å². The third-order valence-corrected chi connectivity index (χ3v) is 6.19. The van der Waals surface area contributed by atoms with Crippen LogP contribution in [-0.2, 0) is 20.8 Å². The minimum Gasteiger partial charge on any atom is -0.478 e. The molecule has 0 bridgehead atoms. The summed E-state index contributed by atoms with van der Waals surface area (Å²) in [5.74, 6) is -1.17. The van der Waals surface area contributed by atoms with Crippen LogP contribution in [0.4, 0.5) is 0 Å². The molecule has 0 aliphatic heterocycles. The van der Waals surface area contributed by atoms with Crippen molar-refractivity contribution >= 4 is 26.8 Å². The Morgan fingerprint density at radius 2 is 2.05 bits per heavy atom. The Kier molecular flexibility index (Phi) is 6.06. The van der Waals surface area contributed by atoms with E-state index in [4.69, 9.17) is 5.11 Å². The van der Waals surface area contributed by atoms with Crippen LogP contribution in [0.3, 0.4) is 0 Å². The number of rotatable bonds is 7. The molecule has 2 atom stereocenters. The number of carboxylic acid groups (broad SMARTS) is 1. The van der Waals surface area contributed by atoms with Gasteiger partial charge in [-0.25, -0.2) is 17.9 Å². The number of carbonyl (C=O) groups is 1. The molecule has 0 saturated carbocycles. The SMILES string of the molecule is Cc1c(C(=O)O)cccc1S(=O)(=O)NCCC(C)S(C)=O. The van der Waals surface area contributed by atoms with Crippen LogP contribution in [0.5, 0.6) is 0 Å². The van der Waals surface area contributed by atoms with E-state index in [1.807, 2.05) is 0 Å². The quantitative estimate of drug-likeness (QED) is 0.779. The van der Waals surface area contributed by atoms with Crippen LogP contribution in [0.1, 0.15) is 29.3 Å². The van der Waals surface area contributed by atoms with Gasteiger partial charge in [-0.15, -0.1) is 0 Å². The molecule has 8 heteroatoms. The van der Waals surface area contributed by atoms with Gasteiger partial charge in [-0.3, -0.25) is 4.21 Å². The predicted octanol–water partition coefficient (Wildman–Crippen LogP) is 1.13. The lowest BCUT2D eigenvalue weighted by molar-refractivity contribution is 0.0696. The van der Waals surface area contributed by atoms with E-state index in [1.54, 1.807) is 13.2 Å². The van der Waals surface area contributed by atoms with Gasteiger partial charge in [-0.2, -0.15) is 0 Å². The van der Waals surface area contributed by atoms with Crippen LogP contribution in [0.2, 0.25) is 0 Å². The van der Waals surface area contributed by atoms with E-state index < -0.39 is 26.8 Å². The molecule has 1 rings (SSSR count). The average molecular weight is 333 g/mol. The van der Waals surface area contributed by atoms with Gasteiger partial charge in [0.15, 0.2) is 0 Å². The molecule has 0 spiro atoms. The Morgan fingerprint density at radius 3 is 2.57 bits per heavy atom. The minimum absolute atomic E-state index is 0.0408. The Hall–Kier alpha value is -1.25. The molecule has 0 amide bonds. The standard InChI is InChI=1S/C13H19NO5S2/c1-9(20(3)17)7-8-14-21(18,19)12-6-4-5-11(10(12)2)13(15)16/h4-6,9,14H,7-8H2,1-3H3,(H,15,16). The van der Waals surface area contributed by atoms with Crippen molar-refractivity contribution in [2.24, 2.45) is 0 Å². The lowest BCUT2D eigenvalue weighted by Gasteiger charge is -2.12. The van der Waals surface area contributed by atoms with Crippen molar-refractivity contribution in [1.29, 1.82) is 0 Å². The van der Waals surface area contributed by atoms with Crippen molar-refractivity contribution in [1.82, 2.24) is 4.72 Å². The van der Waals surface area contributed by atoms with Crippen molar-refractivity contribution in [3.63, 3.8) is 0 Å². The van der Waals surface area contributed by atoms with Crippen molar-refractivity contribution in [3.8, 4) is 0 Å². The van der Waals surface area contributed by atoms with Gasteiger partial charge in [-0.1, -0.05) is 13.0 Å². The van der Waals surface area contributed by atoms with E-state index in [-0.39, 0.29) is 27.8 Å². The average Bonchev–Trinajstić information content (AvgIpc) is 2.37. The lowest BCUT2D eigenvalue weighted by atomic mass is 10.1. The topological polar surface area (TPSA) is 101 Å². The van der Waals surface area contributed by atoms with E-state index in [1.165, 1.54) is 25.1 Å². The maximum absolute atomic E-state index is 12.2. The van der Waals surface area contributed by atoms with Gasteiger partial charge in [0, 0.05) is 28.9 Å². The van der Waals surface area contributed by atoms with Crippen molar-refractivity contribution in [3.05, 3.63) is 29.3 Å². The maximum atomic E-state index is 12.2. The number of sulfonamides is 1. The zero-order valence-electron chi connectivity index (χ0n) is 12.1.